The fourth-order valence-corrected chi connectivity index (χ4v) is 2.50. The minimum absolute atomic E-state index is 0.146. The molecule has 2 N–H and O–H groups in total. The molecule has 3 nitrogen and oxygen atoms in total. The van der Waals surface area contributed by atoms with Gasteiger partial charge in [-0.15, -0.1) is 0 Å². The predicted molar refractivity (Wildman–Crippen MR) is 73.2 cm³/mol. The van der Waals surface area contributed by atoms with Gasteiger partial charge < -0.3 is 10.6 Å². The van der Waals surface area contributed by atoms with Crippen molar-refractivity contribution in [2.45, 2.75) is 25.7 Å². The van der Waals surface area contributed by atoms with Gasteiger partial charge in [-0.25, -0.2) is 0 Å². The van der Waals surface area contributed by atoms with Gasteiger partial charge in [-0.3, -0.25) is 4.90 Å². The molecule has 112 valence electrons. The Balaban J connectivity index is 2.17. The van der Waals surface area contributed by atoms with Crippen molar-refractivity contribution in [2.75, 3.05) is 32.4 Å². The number of anilines is 1. The molecule has 1 aromatic rings. The smallest absolute Gasteiger partial charge is 0.399 e. The van der Waals surface area contributed by atoms with Crippen LogP contribution in [0.1, 0.15) is 18.1 Å². The Morgan fingerprint density at radius 2 is 2.00 bits per heavy atom. The Labute approximate surface area is 117 Å². The highest BCUT2D eigenvalue weighted by molar-refractivity contribution is 5.46. The molecule has 0 unspecified atom stereocenters. The second-order valence-electron chi connectivity index (χ2n) is 5.48. The van der Waals surface area contributed by atoms with Crippen LogP contribution in [-0.2, 0) is 12.7 Å². The molecule has 1 saturated heterocycles. The number of nitrogens with zero attached hydrogens (tertiary/aromatic N) is 2. The molecule has 0 amide bonds. The molecule has 0 aromatic heterocycles. The molecule has 20 heavy (non-hydrogen) atoms. The van der Waals surface area contributed by atoms with Crippen LogP contribution >= 0.6 is 0 Å². The van der Waals surface area contributed by atoms with Gasteiger partial charge in [0.15, 0.2) is 0 Å². The van der Waals surface area contributed by atoms with E-state index in [0.29, 0.717) is 18.2 Å². The van der Waals surface area contributed by atoms with Crippen LogP contribution in [0.2, 0.25) is 0 Å². The number of halogens is 3. The van der Waals surface area contributed by atoms with Crippen LogP contribution in [0.5, 0.6) is 0 Å². The molecule has 0 radical (unpaired) electrons. The minimum Gasteiger partial charge on any atom is -0.399 e. The lowest BCUT2D eigenvalue weighted by Crippen LogP contribution is -2.49. The van der Waals surface area contributed by atoms with Crippen LogP contribution < -0.4 is 5.73 Å². The molecule has 1 atom stereocenters. The predicted octanol–water partition coefficient (Wildman–Crippen LogP) is 2.42. The van der Waals surface area contributed by atoms with Gasteiger partial charge in [0, 0.05) is 37.9 Å². The van der Waals surface area contributed by atoms with Gasteiger partial charge in [-0.1, -0.05) is 6.07 Å². The van der Waals surface area contributed by atoms with E-state index >= 15 is 0 Å². The molecular formula is C14H20F3N3. The standard InChI is InChI=1S/C14H20F3N3/c1-10-8-20(6-5-19(10)2)9-11-3-4-12(18)7-13(11)14(15,16)17/h3-4,7,10H,5-6,8-9,18H2,1-2H3/t10-/m0/s1. The van der Waals surface area contributed by atoms with Crippen molar-refractivity contribution in [3.05, 3.63) is 29.3 Å². The maximum atomic E-state index is 13.0. The first-order valence-electron chi connectivity index (χ1n) is 6.65. The number of piperazine rings is 1. The van der Waals surface area contributed by atoms with Crippen LogP contribution in [0.3, 0.4) is 0 Å². The first-order valence-corrected chi connectivity index (χ1v) is 6.65. The highest BCUT2D eigenvalue weighted by atomic mass is 19.4. The second kappa shape index (κ2) is 5.61. The van der Waals surface area contributed by atoms with Crippen molar-refractivity contribution < 1.29 is 13.2 Å². The molecule has 1 fully saturated rings. The molecule has 6 heteroatoms. The van der Waals surface area contributed by atoms with Gasteiger partial charge in [0.2, 0.25) is 0 Å². The van der Waals surface area contributed by atoms with Crippen molar-refractivity contribution >= 4 is 5.69 Å². The molecule has 2 rings (SSSR count). The summed E-state index contributed by atoms with van der Waals surface area (Å²) in [7, 11) is 2.03. The van der Waals surface area contributed by atoms with Crippen LogP contribution in [0.4, 0.5) is 18.9 Å². The third kappa shape index (κ3) is 3.43. The van der Waals surface area contributed by atoms with E-state index in [9.17, 15) is 13.2 Å². The minimum atomic E-state index is -4.36. The van der Waals surface area contributed by atoms with E-state index in [4.69, 9.17) is 5.73 Å². The number of hydrogen-bond donors (Lipinski definition) is 1. The zero-order chi connectivity index (χ0) is 14.9. The molecule has 1 aromatic carbocycles. The fraction of sp³-hybridized carbons (Fsp3) is 0.571. The molecular weight excluding hydrogens is 267 g/mol. The third-order valence-electron chi connectivity index (χ3n) is 3.88. The first-order chi connectivity index (χ1) is 9.27. The molecule has 1 aliphatic heterocycles. The Morgan fingerprint density at radius 1 is 1.30 bits per heavy atom. The lowest BCUT2D eigenvalue weighted by Gasteiger charge is -2.38. The highest BCUT2D eigenvalue weighted by Crippen LogP contribution is 2.34. The van der Waals surface area contributed by atoms with E-state index < -0.39 is 11.7 Å². The fourth-order valence-electron chi connectivity index (χ4n) is 2.50. The average molecular weight is 287 g/mol. The lowest BCUT2D eigenvalue weighted by molar-refractivity contribution is -0.138. The third-order valence-corrected chi connectivity index (χ3v) is 3.88. The Morgan fingerprint density at radius 3 is 2.60 bits per heavy atom. The normalized spacial score (nSPS) is 22.1. The zero-order valence-corrected chi connectivity index (χ0v) is 11.7. The van der Waals surface area contributed by atoms with Gasteiger partial charge in [0.05, 0.1) is 5.56 Å². The SMILES string of the molecule is C[C@H]1CN(Cc2ccc(N)cc2C(F)(F)F)CCN1C. The van der Waals surface area contributed by atoms with Crippen molar-refractivity contribution in [1.82, 2.24) is 9.80 Å². The molecule has 1 heterocycles. The number of nitrogen functional groups attached to an aromatic ring is 1. The summed E-state index contributed by atoms with van der Waals surface area (Å²) in [5, 5.41) is 0. The molecule has 0 aliphatic carbocycles. The number of alkyl halides is 3. The van der Waals surface area contributed by atoms with Crippen molar-refractivity contribution in [3.8, 4) is 0 Å². The lowest BCUT2D eigenvalue weighted by atomic mass is 10.0. The highest BCUT2D eigenvalue weighted by Gasteiger charge is 2.34. The number of likely N-dealkylation sites (N-methyl/N-ethyl adjacent to an activating group) is 1. The van der Waals surface area contributed by atoms with E-state index in [1.807, 2.05) is 7.05 Å². The van der Waals surface area contributed by atoms with Crippen LogP contribution in [0.15, 0.2) is 18.2 Å². The van der Waals surface area contributed by atoms with Crippen LogP contribution in [0.25, 0.3) is 0 Å². The van der Waals surface area contributed by atoms with Gasteiger partial charge >= 0.3 is 6.18 Å². The molecule has 0 spiro atoms. The average Bonchev–Trinajstić information content (AvgIpc) is 2.35. The monoisotopic (exact) mass is 287 g/mol. The topological polar surface area (TPSA) is 32.5 Å². The van der Waals surface area contributed by atoms with E-state index in [1.165, 1.54) is 12.1 Å². The number of nitrogens with two attached hydrogens (primary N) is 1. The molecule has 0 saturated carbocycles. The number of rotatable bonds is 2. The number of benzene rings is 1. The van der Waals surface area contributed by atoms with Crippen molar-refractivity contribution in [1.29, 1.82) is 0 Å². The van der Waals surface area contributed by atoms with Crippen molar-refractivity contribution in [3.63, 3.8) is 0 Å². The van der Waals surface area contributed by atoms with Gasteiger partial charge in [-0.2, -0.15) is 13.2 Å². The van der Waals surface area contributed by atoms with Gasteiger partial charge in [0.1, 0.15) is 0 Å². The van der Waals surface area contributed by atoms with E-state index in [1.54, 1.807) is 0 Å². The first kappa shape index (κ1) is 15.1. The van der Waals surface area contributed by atoms with E-state index in [2.05, 4.69) is 16.7 Å². The quantitative estimate of drug-likeness (QED) is 0.848. The summed E-state index contributed by atoms with van der Waals surface area (Å²) < 4.78 is 39.1. The number of hydrogen-bond acceptors (Lipinski definition) is 3. The summed E-state index contributed by atoms with van der Waals surface area (Å²) in [5.41, 5.74) is 5.30. The van der Waals surface area contributed by atoms with Gasteiger partial charge in [0.25, 0.3) is 0 Å². The molecule has 1 aliphatic rings. The van der Waals surface area contributed by atoms with E-state index in [-0.39, 0.29) is 5.69 Å². The summed E-state index contributed by atoms with van der Waals surface area (Å²) in [6, 6.07) is 4.40. The summed E-state index contributed by atoms with van der Waals surface area (Å²) in [5.74, 6) is 0. The Kier molecular flexibility index (Phi) is 4.25. The van der Waals surface area contributed by atoms with Crippen LogP contribution in [-0.4, -0.2) is 42.5 Å². The summed E-state index contributed by atoms with van der Waals surface area (Å²) >= 11 is 0. The summed E-state index contributed by atoms with van der Waals surface area (Å²) in [6.07, 6.45) is -4.36. The summed E-state index contributed by atoms with van der Waals surface area (Å²) in [4.78, 5) is 4.27. The summed E-state index contributed by atoms with van der Waals surface area (Å²) in [6.45, 7) is 4.82. The second-order valence-corrected chi connectivity index (χ2v) is 5.48. The van der Waals surface area contributed by atoms with Gasteiger partial charge in [-0.05, 0) is 31.7 Å². The maximum absolute atomic E-state index is 13.0. The molecule has 0 bridgehead atoms. The van der Waals surface area contributed by atoms with Crippen LogP contribution in [0, 0.1) is 0 Å². The van der Waals surface area contributed by atoms with E-state index in [0.717, 1.165) is 25.7 Å². The zero-order valence-electron chi connectivity index (χ0n) is 11.7. The maximum Gasteiger partial charge on any atom is 0.416 e. The Bertz CT molecular complexity index is 473. The van der Waals surface area contributed by atoms with Crippen molar-refractivity contribution in [2.24, 2.45) is 0 Å². The Hall–Kier alpha value is -1.27. The largest absolute Gasteiger partial charge is 0.416 e.